The molecule has 0 fully saturated rings. The maximum atomic E-state index is 5.83. The van der Waals surface area contributed by atoms with Crippen LogP contribution in [0.4, 0.5) is 0 Å². The molecule has 0 saturated carbocycles. The zero-order valence-electron chi connectivity index (χ0n) is 13.1. The van der Waals surface area contributed by atoms with Crippen LogP contribution in [0.2, 0.25) is 0 Å². The third-order valence-corrected chi connectivity index (χ3v) is 3.92. The van der Waals surface area contributed by atoms with Gasteiger partial charge in [-0.15, -0.1) is 0 Å². The van der Waals surface area contributed by atoms with Crippen LogP contribution in [0.1, 0.15) is 0 Å². The fraction of sp³-hybridized carbons (Fsp3) is 0. The van der Waals surface area contributed by atoms with Crippen molar-refractivity contribution in [3.8, 4) is 34.0 Å². The summed E-state index contributed by atoms with van der Waals surface area (Å²) in [6.07, 6.45) is 0. The van der Waals surface area contributed by atoms with Crippen LogP contribution in [0.15, 0.2) is 97.1 Å². The highest BCUT2D eigenvalue weighted by Gasteiger charge is 2.04. The zero-order chi connectivity index (χ0) is 16.2. The third kappa shape index (κ3) is 3.08. The molecule has 1 N–H and O–H groups in total. The first kappa shape index (κ1) is 14.3. The molecule has 4 aromatic rings. The first-order chi connectivity index (χ1) is 11.9. The van der Waals surface area contributed by atoms with E-state index in [9.17, 15) is 0 Å². The minimum absolute atomic E-state index is 0.833. The van der Waals surface area contributed by atoms with Crippen LogP contribution in [0.3, 0.4) is 0 Å². The highest BCUT2D eigenvalue weighted by Crippen LogP contribution is 2.27. The van der Waals surface area contributed by atoms with E-state index >= 15 is 0 Å². The summed E-state index contributed by atoms with van der Waals surface area (Å²) < 4.78 is 5.83. The lowest BCUT2D eigenvalue weighted by Crippen LogP contribution is -1.84. The molecule has 116 valence electrons. The lowest BCUT2D eigenvalue weighted by atomic mass is 10.1. The van der Waals surface area contributed by atoms with Gasteiger partial charge in [0.25, 0.3) is 0 Å². The van der Waals surface area contributed by atoms with E-state index in [1.807, 2.05) is 60.7 Å². The minimum atomic E-state index is 0.833. The maximum absolute atomic E-state index is 5.83. The van der Waals surface area contributed by atoms with Gasteiger partial charge in [0.05, 0.1) is 0 Å². The average molecular weight is 311 g/mol. The highest BCUT2D eigenvalue weighted by molar-refractivity contribution is 5.68. The van der Waals surface area contributed by atoms with Crippen LogP contribution in [-0.2, 0) is 0 Å². The van der Waals surface area contributed by atoms with Crippen molar-refractivity contribution in [2.45, 2.75) is 0 Å². The van der Waals surface area contributed by atoms with E-state index in [-0.39, 0.29) is 0 Å². The van der Waals surface area contributed by atoms with Crippen LogP contribution in [0, 0.1) is 0 Å². The van der Waals surface area contributed by atoms with Gasteiger partial charge in [-0.25, -0.2) is 0 Å². The minimum Gasteiger partial charge on any atom is -0.457 e. The summed E-state index contributed by atoms with van der Waals surface area (Å²) in [7, 11) is 0. The van der Waals surface area contributed by atoms with Gasteiger partial charge in [0, 0.05) is 11.4 Å². The summed E-state index contributed by atoms with van der Waals surface area (Å²) >= 11 is 0. The monoisotopic (exact) mass is 311 g/mol. The van der Waals surface area contributed by atoms with E-state index in [1.165, 1.54) is 5.56 Å². The van der Waals surface area contributed by atoms with Crippen LogP contribution >= 0.6 is 0 Å². The number of hydrogen-bond donors (Lipinski definition) is 1. The Balaban J connectivity index is 1.54. The Kier molecular flexibility index (Phi) is 3.86. The molecule has 24 heavy (non-hydrogen) atoms. The van der Waals surface area contributed by atoms with Crippen molar-refractivity contribution in [3.63, 3.8) is 0 Å². The molecular formula is C22H17NO. The molecule has 0 spiro atoms. The van der Waals surface area contributed by atoms with Crippen molar-refractivity contribution in [2.24, 2.45) is 0 Å². The molecule has 0 saturated heterocycles. The quantitative estimate of drug-likeness (QED) is 0.481. The molecule has 1 heterocycles. The van der Waals surface area contributed by atoms with E-state index in [0.717, 1.165) is 28.5 Å². The second kappa shape index (κ2) is 6.47. The normalized spacial score (nSPS) is 10.5. The second-order valence-corrected chi connectivity index (χ2v) is 5.59. The lowest BCUT2D eigenvalue weighted by Gasteiger charge is -2.06. The zero-order valence-corrected chi connectivity index (χ0v) is 13.1. The predicted molar refractivity (Wildman–Crippen MR) is 98.2 cm³/mol. The Labute approximate surface area is 141 Å². The number of aromatic nitrogens is 1. The van der Waals surface area contributed by atoms with Gasteiger partial charge in [0.1, 0.15) is 11.5 Å². The summed E-state index contributed by atoms with van der Waals surface area (Å²) in [5, 5.41) is 0. The van der Waals surface area contributed by atoms with Crippen molar-refractivity contribution >= 4 is 0 Å². The summed E-state index contributed by atoms with van der Waals surface area (Å²) in [6.45, 7) is 0. The number of rotatable bonds is 4. The van der Waals surface area contributed by atoms with Gasteiger partial charge < -0.3 is 9.72 Å². The van der Waals surface area contributed by atoms with Crippen molar-refractivity contribution in [1.82, 2.24) is 4.98 Å². The molecule has 0 atom stereocenters. The number of benzene rings is 3. The SMILES string of the molecule is c1ccc(Oc2ccc(-c3ccc(-c4ccccc4)[nH]3)cc2)cc1. The third-order valence-electron chi connectivity index (χ3n) is 3.92. The van der Waals surface area contributed by atoms with Crippen LogP contribution in [0.5, 0.6) is 11.5 Å². The molecule has 0 aliphatic heterocycles. The Bertz CT molecular complexity index is 909. The van der Waals surface area contributed by atoms with Crippen molar-refractivity contribution in [1.29, 1.82) is 0 Å². The Morgan fingerprint density at radius 2 is 0.958 bits per heavy atom. The van der Waals surface area contributed by atoms with E-state index in [4.69, 9.17) is 4.74 Å². The molecule has 2 nitrogen and oxygen atoms in total. The molecule has 0 aliphatic carbocycles. The maximum Gasteiger partial charge on any atom is 0.127 e. The number of H-pyrrole nitrogens is 1. The van der Waals surface area contributed by atoms with Gasteiger partial charge in [-0.1, -0.05) is 48.5 Å². The van der Waals surface area contributed by atoms with Gasteiger partial charge in [0.2, 0.25) is 0 Å². The molecule has 2 heteroatoms. The van der Waals surface area contributed by atoms with Gasteiger partial charge in [-0.05, 0) is 59.7 Å². The van der Waals surface area contributed by atoms with Crippen molar-refractivity contribution in [2.75, 3.05) is 0 Å². The summed E-state index contributed by atoms with van der Waals surface area (Å²) in [5.74, 6) is 1.68. The first-order valence-corrected chi connectivity index (χ1v) is 7.96. The van der Waals surface area contributed by atoms with E-state index < -0.39 is 0 Å². The van der Waals surface area contributed by atoms with E-state index in [2.05, 4.69) is 41.4 Å². The van der Waals surface area contributed by atoms with Crippen molar-refractivity contribution in [3.05, 3.63) is 97.1 Å². The van der Waals surface area contributed by atoms with Gasteiger partial charge in [-0.2, -0.15) is 0 Å². The van der Waals surface area contributed by atoms with Crippen LogP contribution in [0.25, 0.3) is 22.5 Å². The fourth-order valence-electron chi connectivity index (χ4n) is 2.68. The Morgan fingerprint density at radius 1 is 0.458 bits per heavy atom. The molecular weight excluding hydrogens is 294 g/mol. The number of nitrogens with one attached hydrogen (secondary N) is 1. The van der Waals surface area contributed by atoms with Crippen LogP contribution < -0.4 is 4.74 Å². The molecule has 0 aliphatic rings. The number of aromatic amines is 1. The second-order valence-electron chi connectivity index (χ2n) is 5.59. The summed E-state index contributed by atoms with van der Waals surface area (Å²) in [4.78, 5) is 3.47. The molecule has 0 amide bonds. The van der Waals surface area contributed by atoms with Gasteiger partial charge in [-0.3, -0.25) is 0 Å². The molecule has 1 aromatic heterocycles. The summed E-state index contributed by atoms with van der Waals surface area (Å²) in [5.41, 5.74) is 4.54. The standard InChI is InChI=1S/C22H17NO/c1-3-7-17(8-4-1)21-15-16-22(23-21)18-11-13-20(14-12-18)24-19-9-5-2-6-10-19/h1-16,23H. The fourth-order valence-corrected chi connectivity index (χ4v) is 2.68. The first-order valence-electron chi connectivity index (χ1n) is 7.96. The van der Waals surface area contributed by atoms with Crippen LogP contribution in [-0.4, -0.2) is 4.98 Å². The molecule has 3 aromatic carbocycles. The lowest BCUT2D eigenvalue weighted by molar-refractivity contribution is 0.483. The Hall–Kier alpha value is -3.26. The number of ether oxygens (including phenoxy) is 1. The molecule has 0 unspecified atom stereocenters. The highest BCUT2D eigenvalue weighted by atomic mass is 16.5. The molecule has 0 bridgehead atoms. The van der Waals surface area contributed by atoms with E-state index in [1.54, 1.807) is 0 Å². The number of para-hydroxylation sites is 1. The summed E-state index contributed by atoms with van der Waals surface area (Å²) in [6, 6.07) is 32.5. The Morgan fingerprint density at radius 3 is 1.58 bits per heavy atom. The van der Waals surface area contributed by atoms with Gasteiger partial charge >= 0.3 is 0 Å². The molecule has 4 rings (SSSR count). The van der Waals surface area contributed by atoms with Gasteiger partial charge in [0.15, 0.2) is 0 Å². The topological polar surface area (TPSA) is 25.0 Å². The average Bonchev–Trinajstić information content (AvgIpc) is 3.14. The largest absolute Gasteiger partial charge is 0.457 e. The predicted octanol–water partition coefficient (Wildman–Crippen LogP) is 6.14. The van der Waals surface area contributed by atoms with E-state index in [0.29, 0.717) is 0 Å². The smallest absolute Gasteiger partial charge is 0.127 e. The van der Waals surface area contributed by atoms with Crippen molar-refractivity contribution < 1.29 is 4.74 Å². The molecule has 0 radical (unpaired) electrons. The number of hydrogen-bond acceptors (Lipinski definition) is 1.